The molecule has 2 aromatic heterocycles. The largest absolute Gasteiger partial charge is 0.475 e. The van der Waals surface area contributed by atoms with E-state index in [0.717, 1.165) is 5.69 Å². The number of hydrogen-bond donors (Lipinski definition) is 1. The Hall–Kier alpha value is -1.43. The molecular weight excluding hydrogens is 250 g/mol. The number of carboxylic acid groups (broad SMARTS) is 1. The van der Waals surface area contributed by atoms with Gasteiger partial charge in [-0.25, -0.2) is 9.78 Å². The second-order valence-electron chi connectivity index (χ2n) is 2.82. The maximum atomic E-state index is 10.8. The molecule has 0 saturated heterocycles. The number of aromatic nitrogens is 3. The quantitative estimate of drug-likeness (QED) is 0.839. The summed E-state index contributed by atoms with van der Waals surface area (Å²) in [6.07, 6.45) is 3.22. The van der Waals surface area contributed by atoms with Crippen LogP contribution in [0.1, 0.15) is 16.3 Å². The molecule has 1 N–H and O–H groups in total. The summed E-state index contributed by atoms with van der Waals surface area (Å²) in [7, 11) is 0. The van der Waals surface area contributed by atoms with Crippen molar-refractivity contribution < 1.29 is 9.90 Å². The van der Waals surface area contributed by atoms with E-state index >= 15 is 0 Å². The number of aryl methyl sites for hydroxylation is 1. The summed E-state index contributed by atoms with van der Waals surface area (Å²) in [6.45, 7) is 1.79. The van der Waals surface area contributed by atoms with Crippen LogP contribution < -0.4 is 0 Å². The zero-order valence-electron chi connectivity index (χ0n) is 7.23. The molecule has 72 valence electrons. The Bertz CT molecular complexity index is 521. The van der Waals surface area contributed by atoms with Gasteiger partial charge < -0.3 is 5.11 Å². The highest BCUT2D eigenvalue weighted by molar-refractivity contribution is 9.10. The molecule has 0 spiro atoms. The molecule has 0 radical (unpaired) electrons. The van der Waals surface area contributed by atoms with E-state index in [4.69, 9.17) is 5.11 Å². The van der Waals surface area contributed by atoms with Crippen LogP contribution in [0.2, 0.25) is 0 Å². The van der Waals surface area contributed by atoms with E-state index in [2.05, 4.69) is 25.9 Å². The molecule has 0 fully saturated rings. The molecule has 0 aromatic carbocycles. The van der Waals surface area contributed by atoms with Crippen LogP contribution in [-0.4, -0.2) is 25.4 Å². The smallest absolute Gasteiger partial charge is 0.372 e. The van der Waals surface area contributed by atoms with E-state index in [0.29, 0.717) is 10.1 Å². The standard InChI is InChI=1S/C8H6BrN3O2/c1-4-3-12-5(2-10-4)6(9)11-7(12)8(13)14/h2-3H,1H3,(H,13,14). The second-order valence-corrected chi connectivity index (χ2v) is 3.57. The minimum Gasteiger partial charge on any atom is -0.475 e. The zero-order chi connectivity index (χ0) is 10.3. The van der Waals surface area contributed by atoms with Gasteiger partial charge in [0.1, 0.15) is 4.60 Å². The van der Waals surface area contributed by atoms with E-state index in [1.165, 1.54) is 4.40 Å². The highest BCUT2D eigenvalue weighted by Crippen LogP contribution is 2.18. The van der Waals surface area contributed by atoms with Gasteiger partial charge in [0.05, 0.1) is 17.4 Å². The van der Waals surface area contributed by atoms with E-state index in [1.807, 2.05) is 0 Å². The molecule has 0 amide bonds. The minimum atomic E-state index is -1.06. The predicted molar refractivity (Wildman–Crippen MR) is 52.4 cm³/mol. The first kappa shape index (κ1) is 9.14. The second kappa shape index (κ2) is 3.06. The number of halogens is 1. The number of hydrogen-bond acceptors (Lipinski definition) is 3. The lowest BCUT2D eigenvalue weighted by atomic mass is 10.5. The van der Waals surface area contributed by atoms with Crippen molar-refractivity contribution in [3.8, 4) is 0 Å². The first-order chi connectivity index (χ1) is 6.59. The third kappa shape index (κ3) is 1.27. The molecule has 2 heterocycles. The fraction of sp³-hybridized carbons (Fsp3) is 0.125. The van der Waals surface area contributed by atoms with Crippen LogP contribution in [0.15, 0.2) is 17.0 Å². The van der Waals surface area contributed by atoms with Gasteiger partial charge in [-0.2, -0.15) is 0 Å². The summed E-state index contributed by atoms with van der Waals surface area (Å²) < 4.78 is 1.98. The molecule has 0 aliphatic rings. The number of imidazole rings is 1. The maximum Gasteiger partial charge on any atom is 0.372 e. The Morgan fingerprint density at radius 1 is 1.64 bits per heavy atom. The van der Waals surface area contributed by atoms with Crippen molar-refractivity contribution in [2.75, 3.05) is 0 Å². The summed E-state index contributed by atoms with van der Waals surface area (Å²) in [5.74, 6) is -1.08. The third-order valence-electron chi connectivity index (χ3n) is 1.80. The van der Waals surface area contributed by atoms with Gasteiger partial charge in [0.15, 0.2) is 0 Å². The molecule has 0 aliphatic heterocycles. The monoisotopic (exact) mass is 255 g/mol. The Morgan fingerprint density at radius 2 is 2.36 bits per heavy atom. The minimum absolute atomic E-state index is 0.0163. The number of rotatable bonds is 1. The van der Waals surface area contributed by atoms with Gasteiger partial charge in [-0.15, -0.1) is 0 Å². The third-order valence-corrected chi connectivity index (χ3v) is 2.38. The molecule has 0 atom stereocenters. The van der Waals surface area contributed by atoms with Crippen LogP contribution in [0, 0.1) is 6.92 Å². The number of carbonyl (C=O) groups is 1. The summed E-state index contributed by atoms with van der Waals surface area (Å²) >= 11 is 3.18. The van der Waals surface area contributed by atoms with Gasteiger partial charge in [0, 0.05) is 6.20 Å². The summed E-state index contributed by atoms with van der Waals surface area (Å²) in [5.41, 5.74) is 1.39. The summed E-state index contributed by atoms with van der Waals surface area (Å²) in [4.78, 5) is 18.7. The van der Waals surface area contributed by atoms with Crippen molar-refractivity contribution in [1.29, 1.82) is 0 Å². The molecule has 2 aromatic rings. The van der Waals surface area contributed by atoms with E-state index in [1.54, 1.807) is 19.3 Å². The lowest BCUT2D eigenvalue weighted by molar-refractivity contribution is 0.0682. The van der Waals surface area contributed by atoms with Crippen LogP contribution in [0.25, 0.3) is 5.52 Å². The average molecular weight is 256 g/mol. The van der Waals surface area contributed by atoms with Crippen molar-refractivity contribution in [3.63, 3.8) is 0 Å². The number of nitrogens with zero attached hydrogens (tertiary/aromatic N) is 3. The van der Waals surface area contributed by atoms with Crippen LogP contribution >= 0.6 is 15.9 Å². The fourth-order valence-electron chi connectivity index (χ4n) is 1.20. The van der Waals surface area contributed by atoms with E-state index in [9.17, 15) is 4.79 Å². The van der Waals surface area contributed by atoms with Gasteiger partial charge in [0.25, 0.3) is 0 Å². The normalized spacial score (nSPS) is 10.7. The number of aromatic carboxylic acids is 1. The Morgan fingerprint density at radius 3 is 3.00 bits per heavy atom. The zero-order valence-corrected chi connectivity index (χ0v) is 8.82. The van der Waals surface area contributed by atoms with Gasteiger partial charge in [-0.05, 0) is 22.9 Å². The highest BCUT2D eigenvalue weighted by atomic mass is 79.9. The Labute approximate surface area is 87.5 Å². The average Bonchev–Trinajstić information content (AvgIpc) is 2.43. The molecule has 6 heteroatoms. The van der Waals surface area contributed by atoms with Crippen LogP contribution in [0.5, 0.6) is 0 Å². The predicted octanol–water partition coefficient (Wildman–Crippen LogP) is 1.50. The molecule has 14 heavy (non-hydrogen) atoms. The van der Waals surface area contributed by atoms with Crippen LogP contribution in [0.4, 0.5) is 0 Å². The molecule has 2 rings (SSSR count). The van der Waals surface area contributed by atoms with Crippen molar-refractivity contribution in [3.05, 3.63) is 28.5 Å². The molecule has 0 bridgehead atoms. The lowest BCUT2D eigenvalue weighted by Gasteiger charge is -1.96. The SMILES string of the molecule is Cc1cn2c(C(=O)O)nc(Br)c2cn1. The molecule has 5 nitrogen and oxygen atoms in total. The topological polar surface area (TPSA) is 67.5 Å². The Kier molecular flexibility index (Phi) is 1.99. The van der Waals surface area contributed by atoms with Crippen molar-refractivity contribution in [1.82, 2.24) is 14.4 Å². The van der Waals surface area contributed by atoms with E-state index < -0.39 is 5.97 Å². The highest BCUT2D eigenvalue weighted by Gasteiger charge is 2.14. The molecule has 0 saturated carbocycles. The first-order valence-corrected chi connectivity index (χ1v) is 4.62. The molecule has 0 unspecified atom stereocenters. The fourth-order valence-corrected chi connectivity index (χ4v) is 1.66. The van der Waals surface area contributed by atoms with Gasteiger partial charge in [-0.3, -0.25) is 9.38 Å². The van der Waals surface area contributed by atoms with Crippen molar-refractivity contribution >= 4 is 27.4 Å². The first-order valence-electron chi connectivity index (χ1n) is 3.83. The van der Waals surface area contributed by atoms with E-state index in [-0.39, 0.29) is 5.82 Å². The van der Waals surface area contributed by atoms with Crippen molar-refractivity contribution in [2.45, 2.75) is 6.92 Å². The van der Waals surface area contributed by atoms with Crippen LogP contribution in [-0.2, 0) is 0 Å². The van der Waals surface area contributed by atoms with Crippen LogP contribution in [0.3, 0.4) is 0 Å². The van der Waals surface area contributed by atoms with Gasteiger partial charge in [0.2, 0.25) is 5.82 Å². The summed E-state index contributed by atoms with van der Waals surface area (Å²) in [6, 6.07) is 0. The Balaban J connectivity index is 2.85. The van der Waals surface area contributed by atoms with Gasteiger partial charge in [-0.1, -0.05) is 0 Å². The number of fused-ring (bicyclic) bond motifs is 1. The maximum absolute atomic E-state index is 10.8. The number of carboxylic acids is 1. The van der Waals surface area contributed by atoms with Gasteiger partial charge >= 0.3 is 5.97 Å². The molecule has 0 aliphatic carbocycles. The summed E-state index contributed by atoms with van der Waals surface area (Å²) in [5, 5.41) is 8.86. The lowest BCUT2D eigenvalue weighted by Crippen LogP contribution is -2.04. The van der Waals surface area contributed by atoms with Crippen molar-refractivity contribution in [2.24, 2.45) is 0 Å². The molecular formula is C8H6BrN3O2.